The van der Waals surface area contributed by atoms with Gasteiger partial charge < -0.3 is 19.3 Å². The lowest BCUT2D eigenvalue weighted by Crippen LogP contribution is -2.46. The van der Waals surface area contributed by atoms with Crippen molar-refractivity contribution in [1.82, 2.24) is 15.5 Å². The Hall–Kier alpha value is -3.69. The Balaban J connectivity index is 1.65. The second-order valence-electron chi connectivity index (χ2n) is 7.59. The molecule has 7 nitrogen and oxygen atoms in total. The third kappa shape index (κ3) is 4.04. The SMILES string of the molecule is COc1ccc(C2NC(=S)N(c3cccc(OC)c3)C(C)=C2c2nc(-c3cccs3)no2)cc1. The van der Waals surface area contributed by atoms with E-state index in [1.54, 1.807) is 25.6 Å². The molecule has 172 valence electrons. The minimum atomic E-state index is -0.281. The number of nitrogens with zero attached hydrogens (tertiary/aromatic N) is 3. The minimum absolute atomic E-state index is 0.281. The molecule has 1 atom stereocenters. The van der Waals surface area contributed by atoms with Gasteiger partial charge in [0.1, 0.15) is 11.5 Å². The van der Waals surface area contributed by atoms with E-state index in [4.69, 9.17) is 31.2 Å². The summed E-state index contributed by atoms with van der Waals surface area (Å²) in [6.45, 7) is 2.01. The van der Waals surface area contributed by atoms with Gasteiger partial charge in [0.25, 0.3) is 5.89 Å². The molecule has 5 rings (SSSR count). The molecule has 0 radical (unpaired) electrons. The molecule has 0 spiro atoms. The normalized spacial score (nSPS) is 15.9. The summed E-state index contributed by atoms with van der Waals surface area (Å²) >= 11 is 7.38. The Morgan fingerprint density at radius 1 is 1.03 bits per heavy atom. The molecule has 0 saturated heterocycles. The van der Waals surface area contributed by atoms with E-state index in [-0.39, 0.29) is 6.04 Å². The molecule has 1 aliphatic heterocycles. The highest BCUT2D eigenvalue weighted by molar-refractivity contribution is 7.80. The number of thiophene rings is 1. The van der Waals surface area contributed by atoms with Crippen molar-refractivity contribution >= 4 is 39.9 Å². The van der Waals surface area contributed by atoms with Crippen LogP contribution in [0, 0.1) is 0 Å². The highest BCUT2D eigenvalue weighted by Gasteiger charge is 2.35. The van der Waals surface area contributed by atoms with Gasteiger partial charge in [-0.25, -0.2) is 0 Å². The van der Waals surface area contributed by atoms with Gasteiger partial charge in [0, 0.05) is 11.8 Å². The van der Waals surface area contributed by atoms with E-state index in [1.165, 1.54) is 0 Å². The van der Waals surface area contributed by atoms with Crippen LogP contribution in [-0.2, 0) is 0 Å². The van der Waals surface area contributed by atoms with Crippen molar-refractivity contribution in [3.8, 4) is 22.2 Å². The van der Waals surface area contributed by atoms with E-state index in [9.17, 15) is 0 Å². The zero-order valence-electron chi connectivity index (χ0n) is 18.8. The lowest BCUT2D eigenvalue weighted by Gasteiger charge is -2.37. The number of hydrogen-bond acceptors (Lipinski definition) is 7. The monoisotopic (exact) mass is 490 g/mol. The van der Waals surface area contributed by atoms with Crippen molar-refractivity contribution in [3.05, 3.63) is 83.2 Å². The van der Waals surface area contributed by atoms with Crippen LogP contribution in [0.3, 0.4) is 0 Å². The number of thiocarbonyl (C=S) groups is 1. The Morgan fingerprint density at radius 2 is 1.82 bits per heavy atom. The van der Waals surface area contributed by atoms with Gasteiger partial charge in [-0.2, -0.15) is 4.98 Å². The van der Waals surface area contributed by atoms with Crippen molar-refractivity contribution in [2.75, 3.05) is 19.1 Å². The lowest BCUT2D eigenvalue weighted by atomic mass is 9.94. The molecule has 2 aromatic heterocycles. The third-order valence-corrected chi connectivity index (χ3v) is 6.81. The number of benzene rings is 2. The molecule has 0 saturated carbocycles. The summed E-state index contributed by atoms with van der Waals surface area (Å²) < 4.78 is 16.5. The number of nitrogens with one attached hydrogen (secondary N) is 1. The first-order valence-corrected chi connectivity index (χ1v) is 11.8. The average molecular weight is 491 g/mol. The summed E-state index contributed by atoms with van der Waals surface area (Å²) in [5, 5.41) is 10.3. The summed E-state index contributed by atoms with van der Waals surface area (Å²) in [5.41, 5.74) is 3.60. The quantitative estimate of drug-likeness (QED) is 0.346. The number of anilines is 1. The molecule has 1 aliphatic rings. The van der Waals surface area contributed by atoms with Crippen LogP contribution in [0.25, 0.3) is 16.3 Å². The summed E-state index contributed by atoms with van der Waals surface area (Å²) in [5.74, 6) is 2.51. The first-order valence-electron chi connectivity index (χ1n) is 10.6. The lowest BCUT2D eigenvalue weighted by molar-refractivity contribution is 0.404. The van der Waals surface area contributed by atoms with Gasteiger partial charge in [-0.05, 0) is 60.4 Å². The molecular formula is C25H22N4O3S2. The largest absolute Gasteiger partial charge is 0.497 e. The summed E-state index contributed by atoms with van der Waals surface area (Å²) in [6.07, 6.45) is 0. The predicted octanol–water partition coefficient (Wildman–Crippen LogP) is 5.68. The Kier molecular flexibility index (Phi) is 6.04. The van der Waals surface area contributed by atoms with E-state index >= 15 is 0 Å². The molecule has 0 fully saturated rings. The van der Waals surface area contributed by atoms with Gasteiger partial charge in [-0.1, -0.05) is 29.4 Å². The van der Waals surface area contributed by atoms with Crippen molar-refractivity contribution in [2.24, 2.45) is 0 Å². The Morgan fingerprint density at radius 3 is 2.53 bits per heavy atom. The minimum Gasteiger partial charge on any atom is -0.497 e. The molecule has 34 heavy (non-hydrogen) atoms. The second kappa shape index (κ2) is 9.28. The van der Waals surface area contributed by atoms with Crippen LogP contribution in [0.5, 0.6) is 11.5 Å². The average Bonchev–Trinajstić information content (AvgIpc) is 3.56. The summed E-state index contributed by atoms with van der Waals surface area (Å²) in [4.78, 5) is 7.64. The van der Waals surface area contributed by atoms with Gasteiger partial charge in [0.15, 0.2) is 5.11 Å². The van der Waals surface area contributed by atoms with Gasteiger partial charge in [-0.15, -0.1) is 11.3 Å². The molecular weight excluding hydrogens is 468 g/mol. The van der Waals surface area contributed by atoms with Crippen LogP contribution in [0.15, 0.2) is 76.3 Å². The molecule has 0 amide bonds. The summed E-state index contributed by atoms with van der Waals surface area (Å²) in [7, 11) is 3.29. The van der Waals surface area contributed by atoms with Crippen LogP contribution in [0.4, 0.5) is 5.69 Å². The van der Waals surface area contributed by atoms with Crippen molar-refractivity contribution in [1.29, 1.82) is 0 Å². The number of methoxy groups -OCH3 is 2. The number of hydrogen-bond donors (Lipinski definition) is 1. The van der Waals surface area contributed by atoms with Gasteiger partial charge >= 0.3 is 0 Å². The molecule has 0 bridgehead atoms. The molecule has 2 aromatic carbocycles. The number of allylic oxidation sites excluding steroid dienone is 1. The second-order valence-corrected chi connectivity index (χ2v) is 8.93. The first kappa shape index (κ1) is 22.1. The van der Waals surface area contributed by atoms with Crippen LogP contribution >= 0.6 is 23.6 Å². The van der Waals surface area contributed by atoms with Crippen LogP contribution < -0.4 is 19.7 Å². The van der Waals surface area contributed by atoms with Gasteiger partial charge in [-0.3, -0.25) is 4.90 Å². The van der Waals surface area contributed by atoms with E-state index in [0.29, 0.717) is 16.8 Å². The van der Waals surface area contributed by atoms with Crippen LogP contribution in [0.1, 0.15) is 24.4 Å². The zero-order valence-corrected chi connectivity index (χ0v) is 20.4. The third-order valence-electron chi connectivity index (χ3n) is 5.64. The summed E-state index contributed by atoms with van der Waals surface area (Å²) in [6, 6.07) is 19.3. The van der Waals surface area contributed by atoms with E-state index < -0.39 is 0 Å². The highest BCUT2D eigenvalue weighted by Crippen LogP contribution is 2.40. The van der Waals surface area contributed by atoms with E-state index in [2.05, 4.69) is 10.5 Å². The van der Waals surface area contributed by atoms with E-state index in [0.717, 1.165) is 38.9 Å². The van der Waals surface area contributed by atoms with Gasteiger partial charge in [0.05, 0.1) is 36.4 Å². The maximum atomic E-state index is 5.81. The van der Waals surface area contributed by atoms with Crippen molar-refractivity contribution < 1.29 is 14.0 Å². The number of ether oxygens (including phenoxy) is 2. The number of aromatic nitrogens is 2. The number of rotatable bonds is 6. The molecule has 1 N–H and O–H groups in total. The Labute approximate surface area is 206 Å². The maximum Gasteiger partial charge on any atom is 0.258 e. The van der Waals surface area contributed by atoms with Crippen LogP contribution in [0.2, 0.25) is 0 Å². The van der Waals surface area contributed by atoms with Crippen LogP contribution in [-0.4, -0.2) is 29.5 Å². The maximum absolute atomic E-state index is 5.81. The smallest absolute Gasteiger partial charge is 0.258 e. The standard InChI is InChI=1S/C25H22N4O3S2/c1-15-21(24-27-23(28-32-24)20-8-5-13-34-20)22(16-9-11-18(30-2)12-10-16)26-25(33)29(15)17-6-4-7-19(14-17)31-3/h4-14,22H,1-3H3,(H,26,33). The highest BCUT2D eigenvalue weighted by atomic mass is 32.1. The fourth-order valence-electron chi connectivity index (χ4n) is 3.97. The first-order chi connectivity index (χ1) is 16.6. The topological polar surface area (TPSA) is 72.7 Å². The van der Waals surface area contributed by atoms with E-state index in [1.807, 2.05) is 77.9 Å². The molecule has 1 unspecified atom stereocenters. The van der Waals surface area contributed by atoms with Crippen molar-refractivity contribution in [2.45, 2.75) is 13.0 Å². The molecule has 9 heteroatoms. The fourth-order valence-corrected chi connectivity index (χ4v) is 4.98. The predicted molar refractivity (Wildman–Crippen MR) is 137 cm³/mol. The fraction of sp³-hybridized carbons (Fsp3) is 0.160. The molecule has 3 heterocycles. The zero-order chi connectivity index (χ0) is 23.7. The molecule has 4 aromatic rings. The Bertz CT molecular complexity index is 1350. The van der Waals surface area contributed by atoms with Gasteiger partial charge in [0.2, 0.25) is 5.82 Å². The van der Waals surface area contributed by atoms with Crippen molar-refractivity contribution in [3.63, 3.8) is 0 Å². The molecule has 0 aliphatic carbocycles.